The number of aromatic nitrogens is 1. The molecule has 0 unspecified atom stereocenters. The van der Waals surface area contributed by atoms with Crippen LogP contribution >= 0.6 is 11.5 Å². The van der Waals surface area contributed by atoms with E-state index in [1.54, 1.807) is 11.5 Å². The minimum absolute atomic E-state index is 1.19. The molecule has 0 N–H and O–H groups in total. The molecule has 1 heterocycles. The van der Waals surface area contributed by atoms with Crippen molar-refractivity contribution in [1.29, 1.82) is 0 Å². The van der Waals surface area contributed by atoms with Crippen LogP contribution in [0.3, 0.4) is 0 Å². The van der Waals surface area contributed by atoms with E-state index in [4.69, 9.17) is 0 Å². The van der Waals surface area contributed by atoms with E-state index in [1.165, 1.54) is 29.0 Å². The molecule has 66 valence electrons. The van der Waals surface area contributed by atoms with Gasteiger partial charge < -0.3 is 0 Å². The predicted octanol–water partition coefficient (Wildman–Crippen LogP) is 3.44. The third-order valence-electron chi connectivity index (χ3n) is 1.81. The van der Waals surface area contributed by atoms with Crippen LogP contribution in [0.4, 0.5) is 0 Å². The number of allylic oxidation sites excluding steroid dienone is 1. The van der Waals surface area contributed by atoms with Crippen molar-refractivity contribution in [1.82, 2.24) is 4.37 Å². The van der Waals surface area contributed by atoms with Gasteiger partial charge in [-0.1, -0.05) is 26.0 Å². The molecule has 0 aromatic carbocycles. The highest BCUT2D eigenvalue weighted by Crippen LogP contribution is 2.25. The Labute approximate surface area is 78.3 Å². The van der Waals surface area contributed by atoms with E-state index in [2.05, 4.69) is 23.4 Å². The molecule has 0 amide bonds. The first kappa shape index (κ1) is 9.46. The third kappa shape index (κ3) is 1.75. The molecule has 0 atom stereocenters. The number of hydrogen-bond acceptors (Lipinski definition) is 2. The quantitative estimate of drug-likeness (QED) is 0.597. The number of fused-ring (bicyclic) bond motifs is 1. The van der Waals surface area contributed by atoms with Crippen LogP contribution in [0.5, 0.6) is 0 Å². The van der Waals surface area contributed by atoms with Gasteiger partial charge in [0, 0.05) is 10.4 Å². The zero-order valence-electron chi connectivity index (χ0n) is 7.92. The Hall–Kier alpha value is -0.630. The molecule has 12 heavy (non-hydrogen) atoms. The van der Waals surface area contributed by atoms with Crippen molar-refractivity contribution in [3.05, 3.63) is 22.2 Å². The Bertz CT molecular complexity index is 273. The first-order chi connectivity index (χ1) is 5.88. The first-order valence-electron chi connectivity index (χ1n) is 4.49. The van der Waals surface area contributed by atoms with Gasteiger partial charge >= 0.3 is 0 Å². The van der Waals surface area contributed by atoms with E-state index in [9.17, 15) is 0 Å². The first-order valence-corrected chi connectivity index (χ1v) is 5.27. The van der Waals surface area contributed by atoms with Crippen molar-refractivity contribution in [2.24, 2.45) is 0 Å². The summed E-state index contributed by atoms with van der Waals surface area (Å²) in [6, 6.07) is 0. The maximum absolute atomic E-state index is 4.29. The van der Waals surface area contributed by atoms with Crippen molar-refractivity contribution < 1.29 is 0 Å². The molecule has 1 aromatic rings. The van der Waals surface area contributed by atoms with Gasteiger partial charge in [-0.3, -0.25) is 0 Å². The second-order valence-electron chi connectivity index (χ2n) is 2.55. The van der Waals surface area contributed by atoms with Crippen molar-refractivity contribution >= 4 is 17.6 Å². The number of nitrogens with zero attached hydrogens (tertiary/aromatic N) is 1. The highest BCUT2D eigenvalue weighted by atomic mass is 32.1. The molecular formula is C10H15NS. The maximum atomic E-state index is 4.29. The van der Waals surface area contributed by atoms with Crippen LogP contribution in [0.15, 0.2) is 6.08 Å². The molecule has 0 saturated heterocycles. The van der Waals surface area contributed by atoms with E-state index in [-0.39, 0.29) is 0 Å². The highest BCUT2D eigenvalue weighted by molar-refractivity contribution is 7.06. The van der Waals surface area contributed by atoms with E-state index >= 15 is 0 Å². The van der Waals surface area contributed by atoms with Crippen LogP contribution in [-0.2, 0) is 6.42 Å². The molecular weight excluding hydrogens is 166 g/mol. The molecule has 0 bridgehead atoms. The molecule has 0 radical (unpaired) electrons. The smallest absolute Gasteiger partial charge is 0.0586 e. The Morgan fingerprint density at radius 2 is 2.17 bits per heavy atom. The van der Waals surface area contributed by atoms with Gasteiger partial charge in [0.05, 0.1) is 5.69 Å². The van der Waals surface area contributed by atoms with Gasteiger partial charge in [-0.2, -0.15) is 4.37 Å². The number of aryl methyl sites for hydroxylation is 2. The van der Waals surface area contributed by atoms with Crippen LogP contribution in [0.2, 0.25) is 0 Å². The molecule has 2 heteroatoms. The summed E-state index contributed by atoms with van der Waals surface area (Å²) in [5.74, 6) is 0. The fourth-order valence-electron chi connectivity index (χ4n) is 1.23. The molecule has 1 aromatic heterocycles. The molecule has 1 aliphatic carbocycles. The lowest BCUT2D eigenvalue weighted by molar-refractivity contribution is 1.01. The lowest BCUT2D eigenvalue weighted by atomic mass is 10.1. The summed E-state index contributed by atoms with van der Waals surface area (Å²) in [5, 5.41) is 0. The van der Waals surface area contributed by atoms with Crippen LogP contribution in [0.1, 0.15) is 36.4 Å². The molecule has 1 aliphatic rings. The summed E-state index contributed by atoms with van der Waals surface area (Å²) < 4.78 is 4.29. The van der Waals surface area contributed by atoms with Gasteiger partial charge in [-0.25, -0.2) is 0 Å². The Morgan fingerprint density at radius 1 is 1.42 bits per heavy atom. The van der Waals surface area contributed by atoms with E-state index in [0.717, 1.165) is 0 Å². The standard InChI is InChI=1S/C8H9NS.C2H6/c1-6-7-4-2-3-5-8(7)10-9-6;1-2/h2,4H,3,5H2,1H3;1-2H3. The van der Waals surface area contributed by atoms with Crippen LogP contribution < -0.4 is 0 Å². The summed E-state index contributed by atoms with van der Waals surface area (Å²) >= 11 is 1.65. The van der Waals surface area contributed by atoms with Crippen molar-refractivity contribution in [2.45, 2.75) is 33.6 Å². The molecule has 0 saturated carbocycles. The monoisotopic (exact) mass is 181 g/mol. The molecule has 0 spiro atoms. The SMILES string of the molecule is CC.Cc1nsc2c1C=CCC2. The van der Waals surface area contributed by atoms with Gasteiger partial charge in [0.25, 0.3) is 0 Å². The average Bonchev–Trinajstić information content (AvgIpc) is 2.53. The number of hydrogen-bond donors (Lipinski definition) is 0. The predicted molar refractivity (Wildman–Crippen MR) is 55.6 cm³/mol. The van der Waals surface area contributed by atoms with Crippen molar-refractivity contribution in [2.75, 3.05) is 0 Å². The average molecular weight is 181 g/mol. The maximum Gasteiger partial charge on any atom is 0.0586 e. The lowest BCUT2D eigenvalue weighted by Gasteiger charge is -2.01. The second kappa shape index (κ2) is 4.41. The molecule has 1 nitrogen and oxygen atoms in total. The lowest BCUT2D eigenvalue weighted by Crippen LogP contribution is -1.88. The summed E-state index contributed by atoms with van der Waals surface area (Å²) in [6.45, 7) is 6.07. The zero-order valence-corrected chi connectivity index (χ0v) is 8.74. The van der Waals surface area contributed by atoms with E-state index in [1.807, 2.05) is 13.8 Å². The summed E-state index contributed by atoms with van der Waals surface area (Å²) in [4.78, 5) is 1.46. The van der Waals surface area contributed by atoms with E-state index in [0.29, 0.717) is 0 Å². The van der Waals surface area contributed by atoms with Crippen LogP contribution in [0, 0.1) is 6.92 Å². The fourth-order valence-corrected chi connectivity index (χ4v) is 2.10. The van der Waals surface area contributed by atoms with Gasteiger partial charge in [0.1, 0.15) is 0 Å². The van der Waals surface area contributed by atoms with Gasteiger partial charge in [0.15, 0.2) is 0 Å². The molecule has 0 aliphatic heterocycles. The van der Waals surface area contributed by atoms with Gasteiger partial charge in [0.2, 0.25) is 0 Å². The van der Waals surface area contributed by atoms with E-state index < -0.39 is 0 Å². The highest BCUT2D eigenvalue weighted by Gasteiger charge is 2.09. The molecule has 2 rings (SSSR count). The van der Waals surface area contributed by atoms with Crippen molar-refractivity contribution in [3.63, 3.8) is 0 Å². The second-order valence-corrected chi connectivity index (χ2v) is 3.40. The number of rotatable bonds is 0. The third-order valence-corrected chi connectivity index (χ3v) is 2.82. The largest absolute Gasteiger partial charge is 0.197 e. The topological polar surface area (TPSA) is 12.9 Å². The Morgan fingerprint density at radius 3 is 2.83 bits per heavy atom. The summed E-state index contributed by atoms with van der Waals surface area (Å²) in [5.41, 5.74) is 2.56. The summed E-state index contributed by atoms with van der Waals surface area (Å²) in [7, 11) is 0. The zero-order chi connectivity index (χ0) is 8.97. The minimum atomic E-state index is 1.19. The van der Waals surface area contributed by atoms with Crippen LogP contribution in [0.25, 0.3) is 6.08 Å². The minimum Gasteiger partial charge on any atom is -0.197 e. The normalized spacial score (nSPS) is 13.2. The Balaban J connectivity index is 0.000000336. The van der Waals surface area contributed by atoms with Crippen LogP contribution in [-0.4, -0.2) is 4.37 Å². The van der Waals surface area contributed by atoms with Gasteiger partial charge in [-0.05, 0) is 31.3 Å². The summed E-state index contributed by atoms with van der Waals surface area (Å²) in [6.07, 6.45) is 6.80. The molecule has 0 fully saturated rings. The van der Waals surface area contributed by atoms with Crippen molar-refractivity contribution in [3.8, 4) is 0 Å². The fraction of sp³-hybridized carbons (Fsp3) is 0.500. The Kier molecular flexibility index (Phi) is 3.48. The van der Waals surface area contributed by atoms with Gasteiger partial charge in [-0.15, -0.1) is 0 Å².